The van der Waals surface area contributed by atoms with Gasteiger partial charge in [0.25, 0.3) is 0 Å². The molecule has 5 nitrogen and oxygen atoms in total. The van der Waals surface area contributed by atoms with Gasteiger partial charge in [-0.05, 0) is 25.1 Å². The van der Waals surface area contributed by atoms with Crippen LogP contribution in [0.5, 0.6) is 0 Å². The summed E-state index contributed by atoms with van der Waals surface area (Å²) in [5.74, 6) is -0.320. The summed E-state index contributed by atoms with van der Waals surface area (Å²) in [6.07, 6.45) is 0. The van der Waals surface area contributed by atoms with Crippen molar-refractivity contribution in [3.63, 3.8) is 0 Å². The first-order chi connectivity index (χ1) is 8.56. The van der Waals surface area contributed by atoms with Gasteiger partial charge in [-0.1, -0.05) is 21.1 Å². The topological polar surface area (TPSA) is 75.4 Å². The summed E-state index contributed by atoms with van der Waals surface area (Å²) in [7, 11) is 0. The maximum Gasteiger partial charge on any atom is 0.337 e. The number of carbonyl (C=O) groups is 1. The summed E-state index contributed by atoms with van der Waals surface area (Å²) in [6, 6.07) is 6.83. The largest absolute Gasteiger partial charge is 0.478 e. The van der Waals surface area contributed by atoms with Gasteiger partial charge in [0.1, 0.15) is 0 Å². The molecular weight excluding hydrogens is 300 g/mol. The van der Waals surface area contributed by atoms with E-state index in [9.17, 15) is 4.79 Å². The van der Waals surface area contributed by atoms with E-state index >= 15 is 0 Å². The molecule has 0 saturated carbocycles. The van der Waals surface area contributed by atoms with Crippen molar-refractivity contribution in [2.24, 2.45) is 0 Å². The van der Waals surface area contributed by atoms with Crippen LogP contribution in [0.25, 0.3) is 0 Å². The van der Waals surface area contributed by atoms with Gasteiger partial charge in [0.2, 0.25) is 0 Å². The fourth-order valence-electron chi connectivity index (χ4n) is 1.53. The number of rotatable bonds is 4. The van der Waals surface area contributed by atoms with Crippen LogP contribution in [0.4, 0.5) is 5.69 Å². The molecule has 1 aromatic carbocycles. The van der Waals surface area contributed by atoms with E-state index in [4.69, 9.17) is 9.63 Å². The fourth-order valence-corrected chi connectivity index (χ4v) is 1.89. The molecule has 6 heteroatoms. The standard InChI is InChI=1S/C12H11BrN2O3/c1-7-4-9(18-15-7)6-14-11-3-2-8(13)5-10(11)12(16)17/h2-5,14H,6H2,1H3,(H,16,17). The van der Waals surface area contributed by atoms with E-state index in [1.54, 1.807) is 24.3 Å². The number of anilines is 1. The van der Waals surface area contributed by atoms with Gasteiger partial charge in [0.05, 0.1) is 17.8 Å². The summed E-state index contributed by atoms with van der Waals surface area (Å²) in [5.41, 5.74) is 1.54. The second-order valence-electron chi connectivity index (χ2n) is 3.78. The summed E-state index contributed by atoms with van der Waals surface area (Å²) in [6.45, 7) is 2.22. The molecule has 0 amide bonds. The average molecular weight is 311 g/mol. The van der Waals surface area contributed by atoms with Crippen LogP contribution in [0.1, 0.15) is 21.8 Å². The average Bonchev–Trinajstić information content (AvgIpc) is 2.73. The van der Waals surface area contributed by atoms with Gasteiger partial charge in [0, 0.05) is 16.2 Å². The highest BCUT2D eigenvalue weighted by molar-refractivity contribution is 9.10. The van der Waals surface area contributed by atoms with Crippen molar-refractivity contribution in [2.75, 3.05) is 5.32 Å². The first-order valence-electron chi connectivity index (χ1n) is 5.25. The Balaban J connectivity index is 2.16. The van der Waals surface area contributed by atoms with E-state index < -0.39 is 5.97 Å². The predicted octanol–water partition coefficient (Wildman–Crippen LogP) is 3.06. The number of nitrogens with one attached hydrogen (secondary N) is 1. The number of nitrogens with zero attached hydrogens (tertiary/aromatic N) is 1. The minimum Gasteiger partial charge on any atom is -0.478 e. The van der Waals surface area contributed by atoms with Crippen LogP contribution in [-0.2, 0) is 6.54 Å². The minimum atomic E-state index is -0.979. The molecular formula is C12H11BrN2O3. The van der Waals surface area contributed by atoms with Gasteiger partial charge in [0.15, 0.2) is 5.76 Å². The normalized spacial score (nSPS) is 10.3. The number of hydrogen-bond acceptors (Lipinski definition) is 4. The van der Waals surface area contributed by atoms with Crippen LogP contribution in [0.15, 0.2) is 33.3 Å². The van der Waals surface area contributed by atoms with Crippen LogP contribution >= 0.6 is 15.9 Å². The van der Waals surface area contributed by atoms with Crippen molar-refractivity contribution in [3.8, 4) is 0 Å². The fraction of sp³-hybridized carbons (Fsp3) is 0.167. The third kappa shape index (κ3) is 2.89. The molecule has 0 atom stereocenters. The lowest BCUT2D eigenvalue weighted by atomic mass is 10.2. The Morgan fingerprint density at radius 3 is 2.89 bits per heavy atom. The molecule has 0 saturated heterocycles. The molecule has 18 heavy (non-hydrogen) atoms. The molecule has 1 heterocycles. The molecule has 0 radical (unpaired) electrons. The first-order valence-corrected chi connectivity index (χ1v) is 6.04. The smallest absolute Gasteiger partial charge is 0.337 e. The Hall–Kier alpha value is -1.82. The number of carboxylic acids is 1. The summed E-state index contributed by atoms with van der Waals surface area (Å²) in [4.78, 5) is 11.1. The molecule has 0 bridgehead atoms. The van der Waals surface area contributed by atoms with Crippen molar-refractivity contribution < 1.29 is 14.4 Å². The Bertz CT molecular complexity index is 580. The van der Waals surface area contributed by atoms with E-state index in [1.165, 1.54) is 0 Å². The third-order valence-corrected chi connectivity index (χ3v) is 2.84. The van der Waals surface area contributed by atoms with Crippen molar-refractivity contribution in [2.45, 2.75) is 13.5 Å². The Labute approximate surface area is 112 Å². The zero-order chi connectivity index (χ0) is 13.1. The van der Waals surface area contributed by atoms with Crippen LogP contribution in [0.3, 0.4) is 0 Å². The van der Waals surface area contributed by atoms with E-state index in [1.807, 2.05) is 6.92 Å². The number of carboxylic acid groups (broad SMARTS) is 1. The van der Waals surface area contributed by atoms with Crippen molar-refractivity contribution in [3.05, 3.63) is 45.8 Å². The number of aromatic carboxylic acids is 1. The zero-order valence-corrected chi connectivity index (χ0v) is 11.2. The van der Waals surface area contributed by atoms with Gasteiger partial charge in [-0.15, -0.1) is 0 Å². The number of aryl methyl sites for hydroxylation is 1. The predicted molar refractivity (Wildman–Crippen MR) is 69.7 cm³/mol. The summed E-state index contributed by atoms with van der Waals surface area (Å²) >= 11 is 3.24. The number of hydrogen-bond donors (Lipinski definition) is 2. The first kappa shape index (κ1) is 12.6. The number of benzene rings is 1. The Morgan fingerprint density at radius 2 is 2.28 bits per heavy atom. The van der Waals surface area contributed by atoms with E-state index in [0.29, 0.717) is 18.0 Å². The monoisotopic (exact) mass is 310 g/mol. The van der Waals surface area contributed by atoms with Crippen molar-refractivity contribution in [1.29, 1.82) is 0 Å². The minimum absolute atomic E-state index is 0.209. The van der Waals surface area contributed by atoms with Crippen LogP contribution in [0.2, 0.25) is 0 Å². The molecule has 2 aromatic rings. The molecule has 0 aliphatic carbocycles. The highest BCUT2D eigenvalue weighted by atomic mass is 79.9. The second kappa shape index (κ2) is 5.22. The van der Waals surface area contributed by atoms with Gasteiger partial charge < -0.3 is 14.9 Å². The molecule has 94 valence electrons. The van der Waals surface area contributed by atoms with Gasteiger partial charge in [-0.25, -0.2) is 4.79 Å². The van der Waals surface area contributed by atoms with E-state index in [-0.39, 0.29) is 5.56 Å². The molecule has 0 aliphatic heterocycles. The van der Waals surface area contributed by atoms with Crippen molar-refractivity contribution in [1.82, 2.24) is 5.16 Å². The lowest BCUT2D eigenvalue weighted by Crippen LogP contribution is -2.06. The zero-order valence-electron chi connectivity index (χ0n) is 9.61. The summed E-state index contributed by atoms with van der Waals surface area (Å²) in [5, 5.41) is 15.9. The van der Waals surface area contributed by atoms with Crippen LogP contribution in [-0.4, -0.2) is 16.2 Å². The van der Waals surface area contributed by atoms with Crippen LogP contribution in [0, 0.1) is 6.92 Å². The lowest BCUT2D eigenvalue weighted by Gasteiger charge is -2.08. The maximum atomic E-state index is 11.1. The number of aromatic nitrogens is 1. The lowest BCUT2D eigenvalue weighted by molar-refractivity contribution is 0.0698. The molecule has 0 fully saturated rings. The van der Waals surface area contributed by atoms with E-state index in [0.717, 1.165) is 10.2 Å². The third-order valence-electron chi connectivity index (χ3n) is 2.34. The number of halogens is 1. The SMILES string of the molecule is Cc1cc(CNc2ccc(Br)cc2C(=O)O)on1. The van der Waals surface area contributed by atoms with Crippen molar-refractivity contribution >= 4 is 27.6 Å². The molecule has 2 rings (SSSR count). The molecule has 0 aliphatic rings. The van der Waals surface area contributed by atoms with Crippen LogP contribution < -0.4 is 5.32 Å². The van der Waals surface area contributed by atoms with Gasteiger partial charge >= 0.3 is 5.97 Å². The van der Waals surface area contributed by atoms with Gasteiger partial charge in [-0.3, -0.25) is 0 Å². The Morgan fingerprint density at radius 1 is 1.50 bits per heavy atom. The molecule has 1 aromatic heterocycles. The molecule has 0 unspecified atom stereocenters. The van der Waals surface area contributed by atoms with E-state index in [2.05, 4.69) is 26.4 Å². The quantitative estimate of drug-likeness (QED) is 0.907. The second-order valence-corrected chi connectivity index (χ2v) is 4.70. The molecule has 0 spiro atoms. The van der Waals surface area contributed by atoms with Gasteiger partial charge in [-0.2, -0.15) is 0 Å². The highest BCUT2D eigenvalue weighted by Gasteiger charge is 2.11. The maximum absolute atomic E-state index is 11.1. The molecule has 2 N–H and O–H groups in total. The Kier molecular flexibility index (Phi) is 3.66. The summed E-state index contributed by atoms with van der Waals surface area (Å²) < 4.78 is 5.76. The highest BCUT2D eigenvalue weighted by Crippen LogP contribution is 2.21.